The molecule has 1 aliphatic heterocycles. The van der Waals surface area contributed by atoms with Gasteiger partial charge >= 0.3 is 0 Å². The van der Waals surface area contributed by atoms with Crippen molar-refractivity contribution in [3.63, 3.8) is 0 Å². The van der Waals surface area contributed by atoms with Crippen molar-refractivity contribution in [2.24, 2.45) is 4.99 Å². The second kappa shape index (κ2) is 10.8. The highest BCUT2D eigenvalue weighted by Gasteiger charge is 2.33. The van der Waals surface area contributed by atoms with Crippen LogP contribution in [-0.2, 0) is 9.59 Å². The summed E-state index contributed by atoms with van der Waals surface area (Å²) >= 11 is 13.4. The first-order valence-electron chi connectivity index (χ1n) is 10.7. The molecule has 174 valence electrons. The number of rotatable bonds is 6. The van der Waals surface area contributed by atoms with E-state index in [1.807, 2.05) is 63.8 Å². The zero-order chi connectivity index (χ0) is 24.3. The number of anilines is 1. The zero-order valence-corrected chi connectivity index (χ0v) is 21.6. The number of carbonyl (C=O) groups excluding carboxylic acids is 2. The van der Waals surface area contributed by atoms with Gasteiger partial charge in [0.25, 0.3) is 5.91 Å². The molecule has 33 heavy (non-hydrogen) atoms. The number of aliphatic imine (C=N–C) groups is 1. The highest BCUT2D eigenvalue weighted by molar-refractivity contribution is 8.14. The van der Waals surface area contributed by atoms with Crippen LogP contribution in [0.2, 0.25) is 10.0 Å². The summed E-state index contributed by atoms with van der Waals surface area (Å²) in [7, 11) is 0. The average Bonchev–Trinajstić information content (AvgIpc) is 3.04. The van der Waals surface area contributed by atoms with Gasteiger partial charge in [-0.15, -0.1) is 0 Å². The molecule has 1 aliphatic rings. The highest BCUT2D eigenvalue weighted by atomic mass is 35.5. The molecule has 8 heteroatoms. The number of amidine groups is 1. The topological polar surface area (TPSA) is 53.0 Å². The lowest BCUT2D eigenvalue weighted by molar-refractivity contribution is -0.131. The van der Waals surface area contributed by atoms with Gasteiger partial charge in [0.2, 0.25) is 5.91 Å². The summed E-state index contributed by atoms with van der Waals surface area (Å²) in [5.41, 5.74) is 2.77. The predicted octanol–water partition coefficient (Wildman–Crippen LogP) is 6.42. The highest BCUT2D eigenvalue weighted by Crippen LogP contribution is 2.31. The third kappa shape index (κ3) is 5.99. The second-order valence-corrected chi connectivity index (χ2v) is 10.1. The van der Waals surface area contributed by atoms with Gasteiger partial charge in [-0.25, -0.2) is 4.99 Å². The third-order valence-corrected chi connectivity index (χ3v) is 6.76. The van der Waals surface area contributed by atoms with Gasteiger partial charge in [0.1, 0.15) is 5.70 Å². The number of benzene rings is 2. The molecule has 0 unspecified atom stereocenters. The molecular weight excluding hydrogens is 477 g/mol. The van der Waals surface area contributed by atoms with Crippen LogP contribution in [0.3, 0.4) is 0 Å². The lowest BCUT2D eigenvalue weighted by atomic mass is 10.2. The van der Waals surface area contributed by atoms with Crippen LogP contribution < -0.4 is 4.90 Å². The van der Waals surface area contributed by atoms with Gasteiger partial charge in [-0.2, -0.15) is 0 Å². The van der Waals surface area contributed by atoms with Crippen molar-refractivity contribution in [3.8, 4) is 0 Å². The average molecular weight is 504 g/mol. The van der Waals surface area contributed by atoms with Crippen LogP contribution in [0.5, 0.6) is 0 Å². The molecule has 0 N–H and O–H groups in total. The smallest absolute Gasteiger partial charge is 0.283 e. The molecule has 2 amide bonds. The normalized spacial score (nSPS) is 15.1. The quantitative estimate of drug-likeness (QED) is 0.427. The molecule has 0 spiro atoms. The van der Waals surface area contributed by atoms with E-state index in [9.17, 15) is 9.59 Å². The monoisotopic (exact) mass is 503 g/mol. The van der Waals surface area contributed by atoms with E-state index in [1.54, 1.807) is 29.2 Å². The fourth-order valence-electron chi connectivity index (χ4n) is 3.65. The number of hydrogen-bond donors (Lipinski definition) is 0. The SMILES string of the molecule is Cc1ccc(N2C(=O)/C(=C\c3ccc(Cl)c(Cl)c3)N=C2SCC(=O)N(C(C)C)C(C)C)cc1. The standard InChI is InChI=1S/C25H27Cl2N3O2S/c1-15(2)29(16(3)4)23(31)14-33-25-28-22(13-18-8-11-20(26)21(27)12-18)24(32)30(25)19-9-6-17(5)7-10-19/h6-13,15-16H,14H2,1-5H3/b22-13+. The van der Waals surface area contributed by atoms with Crippen LogP contribution in [-0.4, -0.2) is 39.7 Å². The zero-order valence-electron chi connectivity index (χ0n) is 19.3. The van der Waals surface area contributed by atoms with Gasteiger partial charge in [-0.05, 0) is 70.5 Å². The Kier molecular flexibility index (Phi) is 8.27. The molecule has 3 rings (SSSR count). The van der Waals surface area contributed by atoms with Gasteiger partial charge in [0, 0.05) is 12.1 Å². The Morgan fingerprint density at radius 3 is 2.27 bits per heavy atom. The van der Waals surface area contributed by atoms with E-state index in [2.05, 4.69) is 4.99 Å². The summed E-state index contributed by atoms with van der Waals surface area (Å²) in [5, 5.41) is 1.31. The summed E-state index contributed by atoms with van der Waals surface area (Å²) in [6.45, 7) is 9.97. The van der Waals surface area contributed by atoms with E-state index in [4.69, 9.17) is 23.2 Å². The summed E-state index contributed by atoms with van der Waals surface area (Å²) in [6.07, 6.45) is 1.68. The molecule has 0 bridgehead atoms. The molecule has 0 fully saturated rings. The van der Waals surface area contributed by atoms with Crippen LogP contribution >= 0.6 is 35.0 Å². The minimum absolute atomic E-state index is 0.00548. The fourth-order valence-corrected chi connectivity index (χ4v) is 4.84. The number of halogens is 2. The third-order valence-electron chi connectivity index (χ3n) is 5.09. The molecule has 0 aliphatic carbocycles. The Hall–Kier alpha value is -2.28. The molecule has 0 aromatic heterocycles. The van der Waals surface area contributed by atoms with Gasteiger partial charge in [0.15, 0.2) is 5.17 Å². The Labute approximate surface area is 209 Å². The van der Waals surface area contributed by atoms with Crippen LogP contribution in [0.15, 0.2) is 53.2 Å². The Morgan fingerprint density at radius 2 is 1.70 bits per heavy atom. The van der Waals surface area contributed by atoms with E-state index in [0.717, 1.165) is 5.56 Å². The summed E-state index contributed by atoms with van der Waals surface area (Å²) in [5.74, 6) is -0.0689. The van der Waals surface area contributed by atoms with E-state index in [-0.39, 0.29) is 35.3 Å². The van der Waals surface area contributed by atoms with Crippen LogP contribution in [0.4, 0.5) is 5.69 Å². The first-order valence-corrected chi connectivity index (χ1v) is 12.4. The molecular formula is C25H27Cl2N3O2S. The van der Waals surface area contributed by atoms with Crippen molar-refractivity contribution in [2.75, 3.05) is 10.7 Å². The van der Waals surface area contributed by atoms with Crippen molar-refractivity contribution in [1.29, 1.82) is 0 Å². The van der Waals surface area contributed by atoms with E-state index >= 15 is 0 Å². The van der Waals surface area contributed by atoms with Crippen molar-refractivity contribution in [3.05, 3.63) is 69.3 Å². The van der Waals surface area contributed by atoms with E-state index in [1.165, 1.54) is 11.8 Å². The summed E-state index contributed by atoms with van der Waals surface area (Å²) in [6, 6.07) is 13.0. The Balaban J connectivity index is 1.93. The lowest BCUT2D eigenvalue weighted by Gasteiger charge is -2.30. The number of nitrogens with zero attached hydrogens (tertiary/aromatic N) is 3. The van der Waals surface area contributed by atoms with Gasteiger partial charge in [-0.1, -0.05) is 58.7 Å². The van der Waals surface area contributed by atoms with Crippen molar-refractivity contribution < 1.29 is 9.59 Å². The summed E-state index contributed by atoms with van der Waals surface area (Å²) in [4.78, 5) is 34.2. The van der Waals surface area contributed by atoms with E-state index < -0.39 is 0 Å². The minimum Gasteiger partial charge on any atom is -0.337 e. The number of thioether (sulfide) groups is 1. The fraction of sp³-hybridized carbons (Fsp3) is 0.320. The first-order chi connectivity index (χ1) is 15.6. The van der Waals surface area contributed by atoms with Crippen LogP contribution in [0.25, 0.3) is 6.08 Å². The number of hydrogen-bond acceptors (Lipinski definition) is 4. The molecule has 0 atom stereocenters. The maximum atomic E-state index is 13.3. The number of carbonyl (C=O) groups is 2. The van der Waals surface area contributed by atoms with Crippen LogP contribution in [0, 0.1) is 6.92 Å². The number of aryl methyl sites for hydroxylation is 1. The maximum Gasteiger partial charge on any atom is 0.283 e. The molecule has 0 radical (unpaired) electrons. The Morgan fingerprint density at radius 1 is 1.06 bits per heavy atom. The molecule has 5 nitrogen and oxygen atoms in total. The number of amides is 2. The van der Waals surface area contributed by atoms with Gasteiger partial charge in [-0.3, -0.25) is 14.5 Å². The molecule has 0 saturated carbocycles. The molecule has 2 aromatic rings. The van der Waals surface area contributed by atoms with Gasteiger partial charge < -0.3 is 4.90 Å². The molecule has 2 aromatic carbocycles. The van der Waals surface area contributed by atoms with Crippen LogP contribution in [0.1, 0.15) is 38.8 Å². The van der Waals surface area contributed by atoms with Gasteiger partial charge in [0.05, 0.1) is 21.5 Å². The van der Waals surface area contributed by atoms with E-state index in [0.29, 0.717) is 26.5 Å². The predicted molar refractivity (Wildman–Crippen MR) is 140 cm³/mol. The first kappa shape index (κ1) is 25.3. The molecule has 1 heterocycles. The Bertz CT molecular complexity index is 1100. The van der Waals surface area contributed by atoms with Crippen molar-refractivity contribution in [1.82, 2.24) is 4.90 Å². The second-order valence-electron chi connectivity index (χ2n) is 8.35. The lowest BCUT2D eigenvalue weighted by Crippen LogP contribution is -2.43. The largest absolute Gasteiger partial charge is 0.337 e. The minimum atomic E-state index is -0.260. The van der Waals surface area contributed by atoms with Crippen molar-refractivity contribution in [2.45, 2.75) is 46.7 Å². The van der Waals surface area contributed by atoms with Crippen molar-refractivity contribution >= 4 is 63.7 Å². The maximum absolute atomic E-state index is 13.3. The molecule has 0 saturated heterocycles. The summed E-state index contributed by atoms with van der Waals surface area (Å²) < 4.78 is 0.